The Balaban J connectivity index is 1.77. The minimum absolute atomic E-state index is 0.00447. The summed E-state index contributed by atoms with van der Waals surface area (Å²) >= 11 is 0. The Kier molecular flexibility index (Phi) is 5.06. The summed E-state index contributed by atoms with van der Waals surface area (Å²) in [6.07, 6.45) is 3.12. The molecule has 1 aromatic carbocycles. The first-order valence-corrected chi connectivity index (χ1v) is 9.61. The normalized spacial score (nSPS) is 20.6. The first-order valence-electron chi connectivity index (χ1n) is 8.11. The Labute approximate surface area is 152 Å². The molecule has 8 nitrogen and oxygen atoms in total. The van der Waals surface area contributed by atoms with E-state index in [9.17, 15) is 18.2 Å². The first-order chi connectivity index (χ1) is 12.4. The summed E-state index contributed by atoms with van der Waals surface area (Å²) < 4.78 is 37.6. The Morgan fingerprint density at radius 1 is 1.27 bits per heavy atom. The third-order valence-electron chi connectivity index (χ3n) is 4.48. The molecule has 0 amide bonds. The van der Waals surface area contributed by atoms with Gasteiger partial charge in [0.25, 0.3) is 10.1 Å². The number of piperazine rings is 1. The van der Waals surface area contributed by atoms with Crippen LogP contribution < -0.4 is 15.0 Å². The van der Waals surface area contributed by atoms with E-state index < -0.39 is 15.5 Å². The molecule has 26 heavy (non-hydrogen) atoms. The molecule has 2 heterocycles. The lowest BCUT2D eigenvalue weighted by atomic mass is 10.1. The minimum Gasteiger partial charge on any atom is -0.497 e. The molecule has 9 heteroatoms. The van der Waals surface area contributed by atoms with E-state index in [0.717, 1.165) is 11.4 Å². The van der Waals surface area contributed by atoms with Gasteiger partial charge < -0.3 is 19.9 Å². The van der Waals surface area contributed by atoms with Gasteiger partial charge in [0.2, 0.25) is 0 Å². The maximum atomic E-state index is 11.5. The van der Waals surface area contributed by atoms with E-state index in [4.69, 9.17) is 4.74 Å². The average molecular weight is 376 g/mol. The van der Waals surface area contributed by atoms with Crippen LogP contribution >= 0.6 is 0 Å². The van der Waals surface area contributed by atoms with Crippen molar-refractivity contribution in [1.82, 2.24) is 10.2 Å². The van der Waals surface area contributed by atoms with Gasteiger partial charge in [-0.05, 0) is 24.4 Å². The first kappa shape index (κ1) is 18.1. The van der Waals surface area contributed by atoms with Crippen LogP contribution in [0.15, 0.2) is 47.8 Å². The lowest BCUT2D eigenvalue weighted by Gasteiger charge is -2.39. The molecule has 1 fully saturated rings. The van der Waals surface area contributed by atoms with Crippen molar-refractivity contribution in [2.75, 3.05) is 38.2 Å². The third kappa shape index (κ3) is 3.61. The molecule has 0 aliphatic carbocycles. The molecular weight excluding hydrogens is 356 g/mol. The van der Waals surface area contributed by atoms with Crippen molar-refractivity contribution in [3.63, 3.8) is 0 Å². The molecule has 1 unspecified atom stereocenters. The number of anilines is 1. The molecule has 1 saturated heterocycles. The SMILES string of the molecule is COc1cccc(N2CCN(C3=C(C#N)C(S(=O)(=O)O)NC=C3)CC2)c1. The number of nitriles is 1. The summed E-state index contributed by atoms with van der Waals surface area (Å²) in [4.78, 5) is 4.17. The molecule has 0 bridgehead atoms. The fourth-order valence-electron chi connectivity index (χ4n) is 3.16. The highest BCUT2D eigenvalue weighted by Crippen LogP contribution is 2.26. The van der Waals surface area contributed by atoms with Gasteiger partial charge in [0.15, 0.2) is 5.37 Å². The number of nitrogens with zero attached hydrogens (tertiary/aromatic N) is 3. The second-order valence-corrected chi connectivity index (χ2v) is 7.48. The van der Waals surface area contributed by atoms with E-state index in [2.05, 4.69) is 10.2 Å². The highest BCUT2D eigenvalue weighted by molar-refractivity contribution is 7.86. The van der Waals surface area contributed by atoms with Crippen molar-refractivity contribution in [2.45, 2.75) is 5.37 Å². The number of methoxy groups -OCH3 is 1. The molecule has 0 radical (unpaired) electrons. The number of allylic oxidation sites excluding steroid dienone is 1. The highest BCUT2D eigenvalue weighted by Gasteiger charge is 2.33. The van der Waals surface area contributed by atoms with Gasteiger partial charge in [0, 0.05) is 37.9 Å². The fourth-order valence-corrected chi connectivity index (χ4v) is 3.88. The molecule has 0 aromatic heterocycles. The summed E-state index contributed by atoms with van der Waals surface area (Å²) in [6.45, 7) is 2.68. The van der Waals surface area contributed by atoms with Crippen LogP contribution in [0.4, 0.5) is 5.69 Å². The summed E-state index contributed by atoms with van der Waals surface area (Å²) in [5.74, 6) is 0.789. The summed E-state index contributed by atoms with van der Waals surface area (Å²) in [7, 11) is -2.79. The number of dihydropyridines is 1. The fraction of sp³-hybridized carbons (Fsp3) is 0.353. The number of nitrogens with one attached hydrogen (secondary N) is 1. The second-order valence-electron chi connectivity index (χ2n) is 5.98. The predicted molar refractivity (Wildman–Crippen MR) is 97.0 cm³/mol. The van der Waals surface area contributed by atoms with Crippen LogP contribution in [0.3, 0.4) is 0 Å². The van der Waals surface area contributed by atoms with Crippen molar-refractivity contribution < 1.29 is 17.7 Å². The Morgan fingerprint density at radius 2 is 1.96 bits per heavy atom. The smallest absolute Gasteiger partial charge is 0.291 e. The van der Waals surface area contributed by atoms with E-state index in [-0.39, 0.29) is 5.57 Å². The standard InChI is InChI=1S/C17H20N4O4S/c1-25-14-4-2-3-13(11-14)20-7-9-21(10-8-20)16-5-6-19-17(15(16)12-18)26(22,23)24/h2-6,11,17,19H,7-10H2,1H3,(H,22,23,24). The highest BCUT2D eigenvalue weighted by atomic mass is 32.2. The lowest BCUT2D eigenvalue weighted by Crippen LogP contribution is -2.47. The van der Waals surface area contributed by atoms with Crippen LogP contribution in [-0.2, 0) is 10.1 Å². The molecule has 0 saturated carbocycles. The van der Waals surface area contributed by atoms with E-state index in [1.807, 2.05) is 35.2 Å². The topological polar surface area (TPSA) is 106 Å². The van der Waals surface area contributed by atoms with Crippen molar-refractivity contribution in [2.24, 2.45) is 0 Å². The van der Waals surface area contributed by atoms with Crippen molar-refractivity contribution in [3.8, 4) is 11.8 Å². The zero-order valence-corrected chi connectivity index (χ0v) is 15.1. The van der Waals surface area contributed by atoms with E-state index >= 15 is 0 Å². The van der Waals surface area contributed by atoms with Crippen LogP contribution in [0.25, 0.3) is 0 Å². The molecule has 2 aliphatic rings. The third-order valence-corrected chi connectivity index (χ3v) is 5.45. The van der Waals surface area contributed by atoms with Gasteiger partial charge in [-0.3, -0.25) is 4.55 Å². The quantitative estimate of drug-likeness (QED) is 0.748. The number of hydrogen-bond acceptors (Lipinski definition) is 7. The number of rotatable bonds is 4. The average Bonchev–Trinajstić information content (AvgIpc) is 2.66. The Hall–Kier alpha value is -2.70. The number of benzene rings is 1. The van der Waals surface area contributed by atoms with E-state index in [1.54, 1.807) is 13.2 Å². The van der Waals surface area contributed by atoms with Gasteiger partial charge in [0.05, 0.1) is 18.4 Å². The zero-order chi connectivity index (χ0) is 18.7. The summed E-state index contributed by atoms with van der Waals surface area (Å²) in [5.41, 5.74) is 1.58. The van der Waals surface area contributed by atoms with Crippen LogP contribution in [0, 0.1) is 11.3 Å². The molecular formula is C17H20N4O4S. The molecule has 2 aliphatic heterocycles. The van der Waals surface area contributed by atoms with Gasteiger partial charge in [-0.2, -0.15) is 13.7 Å². The van der Waals surface area contributed by atoms with Gasteiger partial charge in [-0.15, -0.1) is 0 Å². The molecule has 1 aromatic rings. The Morgan fingerprint density at radius 3 is 2.58 bits per heavy atom. The number of ether oxygens (including phenoxy) is 1. The van der Waals surface area contributed by atoms with E-state index in [1.165, 1.54) is 6.20 Å². The van der Waals surface area contributed by atoms with Crippen LogP contribution in [0.5, 0.6) is 5.75 Å². The monoisotopic (exact) mass is 376 g/mol. The van der Waals surface area contributed by atoms with Crippen LogP contribution in [0.1, 0.15) is 0 Å². The summed E-state index contributed by atoms with van der Waals surface area (Å²) in [5, 5.41) is 10.5. The largest absolute Gasteiger partial charge is 0.497 e. The molecule has 138 valence electrons. The molecule has 3 rings (SSSR count). The van der Waals surface area contributed by atoms with Crippen molar-refractivity contribution >= 4 is 15.8 Å². The molecule has 1 atom stereocenters. The van der Waals surface area contributed by atoms with Crippen LogP contribution in [0.2, 0.25) is 0 Å². The second kappa shape index (κ2) is 7.27. The Bertz CT molecular complexity index is 880. The number of hydrogen-bond donors (Lipinski definition) is 2. The maximum absolute atomic E-state index is 11.5. The molecule has 2 N–H and O–H groups in total. The van der Waals surface area contributed by atoms with Gasteiger partial charge in [-0.25, -0.2) is 0 Å². The van der Waals surface area contributed by atoms with Gasteiger partial charge in [0.1, 0.15) is 11.8 Å². The van der Waals surface area contributed by atoms with Crippen LogP contribution in [-0.4, -0.2) is 56.5 Å². The maximum Gasteiger partial charge on any atom is 0.291 e. The van der Waals surface area contributed by atoms with Gasteiger partial charge >= 0.3 is 0 Å². The van der Waals surface area contributed by atoms with Crippen molar-refractivity contribution in [1.29, 1.82) is 5.26 Å². The van der Waals surface area contributed by atoms with Gasteiger partial charge in [-0.1, -0.05) is 6.07 Å². The van der Waals surface area contributed by atoms with Crippen molar-refractivity contribution in [3.05, 3.63) is 47.8 Å². The lowest BCUT2D eigenvalue weighted by molar-refractivity contribution is 0.325. The predicted octanol–water partition coefficient (Wildman–Crippen LogP) is 0.926. The summed E-state index contributed by atoms with van der Waals surface area (Å²) in [6, 6.07) is 9.72. The molecule has 0 spiro atoms. The van der Waals surface area contributed by atoms with E-state index in [0.29, 0.717) is 31.9 Å². The minimum atomic E-state index is -4.41. The zero-order valence-electron chi connectivity index (χ0n) is 14.3.